The van der Waals surface area contributed by atoms with Crippen molar-refractivity contribution < 1.29 is 22.7 Å². The number of alkyl halides is 3. The van der Waals surface area contributed by atoms with Crippen LogP contribution < -0.4 is 10.1 Å². The molecule has 3 aromatic rings. The molecule has 9 heteroatoms. The molecule has 0 aliphatic carbocycles. The fourth-order valence-electron chi connectivity index (χ4n) is 2.43. The molecule has 3 rings (SSSR count). The summed E-state index contributed by atoms with van der Waals surface area (Å²) in [7, 11) is 0. The zero-order valence-electron chi connectivity index (χ0n) is 14.4. The summed E-state index contributed by atoms with van der Waals surface area (Å²) < 4.78 is 43.0. The number of hydrogen-bond donors (Lipinski definition) is 1. The molecule has 0 spiro atoms. The molecular formula is C19H15ClF3N3O2. The molecule has 0 radical (unpaired) electrons. The molecule has 146 valence electrons. The smallest absolute Gasteiger partial charge is 0.422 e. The monoisotopic (exact) mass is 409 g/mol. The number of hydrogen-bond acceptors (Lipinski definition) is 3. The van der Waals surface area contributed by atoms with Crippen LogP contribution in [-0.4, -0.2) is 28.5 Å². The van der Waals surface area contributed by atoms with Crippen LogP contribution in [0, 0.1) is 0 Å². The molecule has 1 heterocycles. The fraction of sp³-hybridized carbons (Fsp3) is 0.158. The van der Waals surface area contributed by atoms with Crippen molar-refractivity contribution in [2.24, 2.45) is 0 Å². The molecule has 0 saturated heterocycles. The number of rotatable bonds is 6. The SMILES string of the molecule is O=C(Nc1cnn(Cc2cccc(Cl)c2)c1)c1cccc(OCC(F)(F)F)c1. The molecule has 28 heavy (non-hydrogen) atoms. The predicted molar refractivity (Wildman–Crippen MR) is 98.7 cm³/mol. The average Bonchev–Trinajstić information content (AvgIpc) is 3.06. The van der Waals surface area contributed by atoms with Gasteiger partial charge in [0.15, 0.2) is 6.61 Å². The highest BCUT2D eigenvalue weighted by Gasteiger charge is 2.28. The van der Waals surface area contributed by atoms with Crippen LogP contribution >= 0.6 is 11.6 Å². The Bertz CT molecular complexity index is 973. The van der Waals surface area contributed by atoms with Crippen molar-refractivity contribution in [2.45, 2.75) is 12.7 Å². The largest absolute Gasteiger partial charge is 0.484 e. The lowest BCUT2D eigenvalue weighted by molar-refractivity contribution is -0.153. The van der Waals surface area contributed by atoms with Gasteiger partial charge in [-0.05, 0) is 35.9 Å². The molecule has 0 bridgehead atoms. The van der Waals surface area contributed by atoms with Crippen LogP contribution in [0.4, 0.5) is 18.9 Å². The molecule has 1 aromatic heterocycles. The molecule has 1 amide bonds. The molecule has 1 N–H and O–H groups in total. The number of amides is 1. The summed E-state index contributed by atoms with van der Waals surface area (Å²) in [6, 6.07) is 12.8. The van der Waals surface area contributed by atoms with E-state index >= 15 is 0 Å². The zero-order chi connectivity index (χ0) is 20.1. The van der Waals surface area contributed by atoms with Gasteiger partial charge in [-0.3, -0.25) is 9.48 Å². The first-order chi connectivity index (χ1) is 13.3. The maximum atomic E-state index is 12.3. The molecule has 0 fully saturated rings. The molecule has 0 aliphatic heterocycles. The van der Waals surface area contributed by atoms with E-state index < -0.39 is 18.7 Å². The molecule has 5 nitrogen and oxygen atoms in total. The van der Waals surface area contributed by atoms with Gasteiger partial charge in [-0.25, -0.2) is 0 Å². The fourth-order valence-corrected chi connectivity index (χ4v) is 2.65. The summed E-state index contributed by atoms with van der Waals surface area (Å²) in [5.74, 6) is -0.526. The van der Waals surface area contributed by atoms with E-state index in [9.17, 15) is 18.0 Å². The number of carbonyl (C=O) groups excluding carboxylic acids is 1. The molecule has 0 saturated carbocycles. The maximum Gasteiger partial charge on any atom is 0.422 e. The van der Waals surface area contributed by atoms with Gasteiger partial charge in [-0.1, -0.05) is 29.8 Å². The van der Waals surface area contributed by atoms with Crippen LogP contribution in [0.15, 0.2) is 60.9 Å². The summed E-state index contributed by atoms with van der Waals surface area (Å²) in [5.41, 5.74) is 1.57. The first-order valence-electron chi connectivity index (χ1n) is 8.16. The predicted octanol–water partition coefficient (Wildman–Crippen LogP) is 4.78. The summed E-state index contributed by atoms with van der Waals surface area (Å²) in [6.45, 7) is -0.953. The first kappa shape index (κ1) is 19.8. The number of anilines is 1. The van der Waals surface area contributed by atoms with E-state index in [2.05, 4.69) is 15.2 Å². The lowest BCUT2D eigenvalue weighted by atomic mass is 10.2. The van der Waals surface area contributed by atoms with Crippen LogP contribution in [0.1, 0.15) is 15.9 Å². The molecule has 2 aromatic carbocycles. The number of nitrogens with one attached hydrogen (secondary N) is 1. The quantitative estimate of drug-likeness (QED) is 0.637. The van der Waals surface area contributed by atoms with E-state index in [1.165, 1.54) is 30.5 Å². The third-order valence-corrected chi connectivity index (χ3v) is 3.86. The van der Waals surface area contributed by atoms with Crippen molar-refractivity contribution in [3.63, 3.8) is 0 Å². The second kappa shape index (κ2) is 8.35. The number of nitrogens with zero attached hydrogens (tertiary/aromatic N) is 2. The lowest BCUT2D eigenvalue weighted by Crippen LogP contribution is -2.19. The minimum Gasteiger partial charge on any atom is -0.484 e. The van der Waals surface area contributed by atoms with Crippen molar-refractivity contribution in [1.82, 2.24) is 9.78 Å². The van der Waals surface area contributed by atoms with Crippen LogP contribution in [-0.2, 0) is 6.54 Å². The van der Waals surface area contributed by atoms with Crippen LogP contribution in [0.25, 0.3) is 0 Å². The molecule has 0 aliphatic rings. The second-order valence-corrected chi connectivity index (χ2v) is 6.38. The van der Waals surface area contributed by atoms with Gasteiger partial charge < -0.3 is 10.1 Å². The Morgan fingerprint density at radius 1 is 1.18 bits per heavy atom. The zero-order valence-corrected chi connectivity index (χ0v) is 15.2. The number of aromatic nitrogens is 2. The van der Waals surface area contributed by atoms with Gasteiger partial charge in [0.1, 0.15) is 5.75 Å². The summed E-state index contributed by atoms with van der Waals surface area (Å²) in [4.78, 5) is 12.3. The third-order valence-electron chi connectivity index (χ3n) is 3.62. The molecule has 0 atom stereocenters. The van der Waals surface area contributed by atoms with E-state index in [1.807, 2.05) is 18.2 Å². The van der Waals surface area contributed by atoms with Crippen LogP contribution in [0.2, 0.25) is 5.02 Å². The van der Waals surface area contributed by atoms with E-state index in [0.29, 0.717) is 17.3 Å². The number of carbonyl (C=O) groups is 1. The minimum atomic E-state index is -4.45. The standard InChI is InChI=1S/C19H15ClF3N3O2/c20-15-5-1-3-13(7-15)10-26-11-16(9-24-26)25-18(27)14-4-2-6-17(8-14)28-12-19(21,22)23/h1-9,11H,10,12H2,(H,25,27). The number of benzene rings is 2. The Balaban J connectivity index is 1.63. The highest BCUT2D eigenvalue weighted by atomic mass is 35.5. The minimum absolute atomic E-state index is 0.0402. The highest BCUT2D eigenvalue weighted by Crippen LogP contribution is 2.20. The van der Waals surface area contributed by atoms with E-state index in [1.54, 1.807) is 16.9 Å². The van der Waals surface area contributed by atoms with Crippen molar-refractivity contribution in [3.8, 4) is 5.75 Å². The average molecular weight is 410 g/mol. The van der Waals surface area contributed by atoms with Crippen LogP contribution in [0.5, 0.6) is 5.75 Å². The summed E-state index contributed by atoms with van der Waals surface area (Å²) in [5, 5.41) is 7.44. The topological polar surface area (TPSA) is 56.2 Å². The van der Waals surface area contributed by atoms with Crippen LogP contribution in [0.3, 0.4) is 0 Å². The van der Waals surface area contributed by atoms with Crippen molar-refractivity contribution >= 4 is 23.2 Å². The maximum absolute atomic E-state index is 12.3. The summed E-state index contributed by atoms with van der Waals surface area (Å²) in [6.07, 6.45) is -1.33. The molecule has 0 unspecified atom stereocenters. The Hall–Kier alpha value is -3.00. The van der Waals surface area contributed by atoms with Crippen molar-refractivity contribution in [2.75, 3.05) is 11.9 Å². The number of halogens is 4. The van der Waals surface area contributed by atoms with Gasteiger partial charge in [0.25, 0.3) is 5.91 Å². The van der Waals surface area contributed by atoms with E-state index in [-0.39, 0.29) is 11.3 Å². The highest BCUT2D eigenvalue weighted by molar-refractivity contribution is 6.30. The summed E-state index contributed by atoms with van der Waals surface area (Å²) >= 11 is 5.95. The van der Waals surface area contributed by atoms with E-state index in [4.69, 9.17) is 11.6 Å². The van der Waals surface area contributed by atoms with Crippen molar-refractivity contribution in [3.05, 3.63) is 77.1 Å². The van der Waals surface area contributed by atoms with Gasteiger partial charge in [0.2, 0.25) is 0 Å². The molecular weight excluding hydrogens is 395 g/mol. The third kappa shape index (κ3) is 5.75. The Morgan fingerprint density at radius 2 is 1.96 bits per heavy atom. The van der Waals surface area contributed by atoms with Gasteiger partial charge >= 0.3 is 6.18 Å². The Kier molecular flexibility index (Phi) is 5.89. The number of ether oxygens (including phenoxy) is 1. The van der Waals surface area contributed by atoms with Gasteiger partial charge in [0, 0.05) is 16.8 Å². The van der Waals surface area contributed by atoms with Crippen molar-refractivity contribution in [1.29, 1.82) is 0 Å². The first-order valence-corrected chi connectivity index (χ1v) is 8.54. The second-order valence-electron chi connectivity index (χ2n) is 5.94. The Morgan fingerprint density at radius 3 is 2.71 bits per heavy atom. The van der Waals surface area contributed by atoms with E-state index in [0.717, 1.165) is 5.56 Å². The van der Waals surface area contributed by atoms with Gasteiger partial charge in [0.05, 0.1) is 18.4 Å². The van der Waals surface area contributed by atoms with Gasteiger partial charge in [-0.15, -0.1) is 0 Å². The lowest BCUT2D eigenvalue weighted by Gasteiger charge is -2.10. The normalized spacial score (nSPS) is 11.3. The van der Waals surface area contributed by atoms with Gasteiger partial charge in [-0.2, -0.15) is 18.3 Å². The Labute approximate surface area is 163 Å².